The van der Waals surface area contributed by atoms with Crippen LogP contribution in [0.2, 0.25) is 0 Å². The van der Waals surface area contributed by atoms with Crippen LogP contribution in [-0.4, -0.2) is 36.0 Å². The third-order valence-corrected chi connectivity index (χ3v) is 2.27. The molecule has 0 saturated carbocycles. The largest absolute Gasteiger partial charge is 0.326 e. The van der Waals surface area contributed by atoms with E-state index in [1.807, 2.05) is 0 Å². The van der Waals surface area contributed by atoms with Gasteiger partial charge in [-0.15, -0.1) is 0 Å². The number of carbonyl (C=O) groups is 1. The molecule has 1 aliphatic rings. The average Bonchev–Trinajstić information content (AvgIpc) is 2.31. The number of halogens is 2. The van der Waals surface area contributed by atoms with Crippen LogP contribution in [0.25, 0.3) is 0 Å². The number of hydrogen-bond donors (Lipinski definition) is 1. The highest BCUT2D eigenvalue weighted by molar-refractivity contribution is 5.83. The zero-order chi connectivity index (χ0) is 10.0. The third-order valence-electron chi connectivity index (χ3n) is 2.27. The molecule has 0 aliphatic carbocycles. The predicted molar refractivity (Wildman–Crippen MR) is 44.4 cm³/mol. The number of alkyl halides is 2. The molecule has 13 heavy (non-hydrogen) atoms. The second kappa shape index (κ2) is 4.00. The van der Waals surface area contributed by atoms with Gasteiger partial charge in [0.2, 0.25) is 12.3 Å². The summed E-state index contributed by atoms with van der Waals surface area (Å²) in [5, 5.41) is 2.90. The first-order chi connectivity index (χ1) is 6.02. The molecule has 2 atom stereocenters. The number of hydrogen-bond acceptors (Lipinski definition) is 2. The molecule has 1 rings (SSSR count). The summed E-state index contributed by atoms with van der Waals surface area (Å²) < 4.78 is 24.0. The molecule has 76 valence electrons. The van der Waals surface area contributed by atoms with Crippen molar-refractivity contribution in [1.82, 2.24) is 10.2 Å². The summed E-state index contributed by atoms with van der Waals surface area (Å²) in [5.41, 5.74) is 0. The smallest absolute Gasteiger partial charge is 0.240 e. The monoisotopic (exact) mass is 192 g/mol. The molecular weight excluding hydrogens is 178 g/mol. The van der Waals surface area contributed by atoms with E-state index in [1.54, 1.807) is 13.8 Å². The van der Waals surface area contributed by atoms with Gasteiger partial charge in [0.1, 0.15) is 0 Å². The Labute approximate surface area is 76.1 Å². The van der Waals surface area contributed by atoms with Crippen LogP contribution >= 0.6 is 0 Å². The van der Waals surface area contributed by atoms with Crippen molar-refractivity contribution in [2.24, 2.45) is 0 Å². The van der Waals surface area contributed by atoms with Crippen LogP contribution in [0, 0.1) is 0 Å². The summed E-state index contributed by atoms with van der Waals surface area (Å²) in [5.74, 6) is -0.0897. The molecule has 1 aliphatic heterocycles. The number of carbonyl (C=O) groups excluding carboxylic acids is 1. The predicted octanol–water partition coefficient (Wildman–Crippen LogP) is 0.808. The summed E-state index contributed by atoms with van der Waals surface area (Å²) >= 11 is 0. The first kappa shape index (κ1) is 10.4. The van der Waals surface area contributed by atoms with Crippen LogP contribution in [0.15, 0.2) is 0 Å². The van der Waals surface area contributed by atoms with Gasteiger partial charge < -0.3 is 4.90 Å². The van der Waals surface area contributed by atoms with Crippen molar-refractivity contribution in [3.05, 3.63) is 0 Å². The van der Waals surface area contributed by atoms with Gasteiger partial charge in [-0.1, -0.05) is 0 Å². The minimum Gasteiger partial charge on any atom is -0.326 e. The van der Waals surface area contributed by atoms with E-state index >= 15 is 0 Å². The SMILES string of the molecule is CC1NCN(C(C)CC(F)F)C1=O. The van der Waals surface area contributed by atoms with E-state index in [-0.39, 0.29) is 24.4 Å². The second-order valence-corrected chi connectivity index (χ2v) is 3.37. The Bertz CT molecular complexity index is 199. The van der Waals surface area contributed by atoms with Crippen LogP contribution in [0.4, 0.5) is 8.78 Å². The van der Waals surface area contributed by atoms with Crippen LogP contribution < -0.4 is 5.32 Å². The number of nitrogens with zero attached hydrogens (tertiary/aromatic N) is 1. The van der Waals surface area contributed by atoms with Crippen molar-refractivity contribution in [2.75, 3.05) is 6.67 Å². The Morgan fingerprint density at radius 3 is 2.69 bits per heavy atom. The first-order valence-corrected chi connectivity index (χ1v) is 4.34. The molecular formula is C8H14F2N2O. The summed E-state index contributed by atoms with van der Waals surface area (Å²) in [4.78, 5) is 12.8. The molecule has 3 nitrogen and oxygen atoms in total. The van der Waals surface area contributed by atoms with Crippen LogP contribution in [0.3, 0.4) is 0 Å². The molecule has 2 unspecified atom stereocenters. The fourth-order valence-corrected chi connectivity index (χ4v) is 1.41. The van der Waals surface area contributed by atoms with Gasteiger partial charge in [0, 0.05) is 12.5 Å². The third kappa shape index (κ3) is 2.37. The lowest BCUT2D eigenvalue weighted by molar-refractivity contribution is -0.130. The molecule has 0 aromatic carbocycles. The first-order valence-electron chi connectivity index (χ1n) is 4.34. The lowest BCUT2D eigenvalue weighted by Gasteiger charge is -2.23. The standard InChI is InChI=1S/C8H14F2N2O/c1-5(3-7(9)10)12-4-11-6(2)8(12)13/h5-7,11H,3-4H2,1-2H3. The van der Waals surface area contributed by atoms with Crippen molar-refractivity contribution in [3.8, 4) is 0 Å². The Morgan fingerprint density at radius 1 is 1.69 bits per heavy atom. The zero-order valence-electron chi connectivity index (χ0n) is 7.76. The molecule has 0 spiro atoms. The summed E-state index contributed by atoms with van der Waals surface area (Å²) in [7, 11) is 0. The fraction of sp³-hybridized carbons (Fsp3) is 0.875. The van der Waals surface area contributed by atoms with Crippen LogP contribution in [0.5, 0.6) is 0 Å². The molecule has 5 heteroatoms. The van der Waals surface area contributed by atoms with Gasteiger partial charge in [-0.3, -0.25) is 10.1 Å². The quantitative estimate of drug-likeness (QED) is 0.717. The average molecular weight is 192 g/mol. The molecule has 1 heterocycles. The molecule has 0 aromatic heterocycles. The molecule has 0 aromatic rings. The number of nitrogens with one attached hydrogen (secondary N) is 1. The van der Waals surface area contributed by atoms with Crippen molar-refractivity contribution >= 4 is 5.91 Å². The molecule has 0 bridgehead atoms. The van der Waals surface area contributed by atoms with Gasteiger partial charge in [-0.25, -0.2) is 8.78 Å². The van der Waals surface area contributed by atoms with Crippen LogP contribution in [0.1, 0.15) is 20.3 Å². The fourth-order valence-electron chi connectivity index (χ4n) is 1.41. The summed E-state index contributed by atoms with van der Waals surface area (Å²) in [6.45, 7) is 3.76. The lowest BCUT2D eigenvalue weighted by atomic mass is 10.2. The second-order valence-electron chi connectivity index (χ2n) is 3.37. The van der Waals surface area contributed by atoms with E-state index in [0.717, 1.165) is 0 Å². The maximum absolute atomic E-state index is 12.0. The van der Waals surface area contributed by atoms with E-state index in [2.05, 4.69) is 5.32 Å². The maximum atomic E-state index is 12.0. The molecule has 1 amide bonds. The normalized spacial score (nSPS) is 25.8. The number of amides is 1. The van der Waals surface area contributed by atoms with E-state index in [9.17, 15) is 13.6 Å². The van der Waals surface area contributed by atoms with Gasteiger partial charge in [0.05, 0.1) is 12.7 Å². The highest BCUT2D eigenvalue weighted by atomic mass is 19.3. The van der Waals surface area contributed by atoms with Crippen molar-refractivity contribution < 1.29 is 13.6 Å². The van der Waals surface area contributed by atoms with E-state index in [4.69, 9.17) is 0 Å². The minimum absolute atomic E-state index is 0.0897. The summed E-state index contributed by atoms with van der Waals surface area (Å²) in [6, 6.07) is -0.620. The zero-order valence-corrected chi connectivity index (χ0v) is 7.76. The Balaban J connectivity index is 2.48. The van der Waals surface area contributed by atoms with Crippen LogP contribution in [-0.2, 0) is 4.79 Å². The van der Waals surface area contributed by atoms with E-state index in [1.165, 1.54) is 4.90 Å². The maximum Gasteiger partial charge on any atom is 0.240 e. The van der Waals surface area contributed by atoms with Gasteiger partial charge in [0.15, 0.2) is 0 Å². The van der Waals surface area contributed by atoms with Crippen molar-refractivity contribution in [3.63, 3.8) is 0 Å². The van der Waals surface area contributed by atoms with Crippen molar-refractivity contribution in [2.45, 2.75) is 38.8 Å². The van der Waals surface area contributed by atoms with Gasteiger partial charge >= 0.3 is 0 Å². The van der Waals surface area contributed by atoms with E-state index < -0.39 is 6.43 Å². The molecule has 1 saturated heterocycles. The minimum atomic E-state index is -2.35. The Morgan fingerprint density at radius 2 is 2.31 bits per heavy atom. The number of rotatable bonds is 3. The Kier molecular flexibility index (Phi) is 3.19. The topological polar surface area (TPSA) is 32.3 Å². The molecule has 1 N–H and O–H groups in total. The van der Waals surface area contributed by atoms with Gasteiger partial charge in [0.25, 0.3) is 0 Å². The van der Waals surface area contributed by atoms with Gasteiger partial charge in [-0.05, 0) is 13.8 Å². The lowest BCUT2D eigenvalue weighted by Crippen LogP contribution is -2.37. The Hall–Kier alpha value is -0.710. The highest BCUT2D eigenvalue weighted by Gasteiger charge is 2.31. The highest BCUT2D eigenvalue weighted by Crippen LogP contribution is 2.14. The van der Waals surface area contributed by atoms with Crippen molar-refractivity contribution in [1.29, 1.82) is 0 Å². The van der Waals surface area contributed by atoms with E-state index in [0.29, 0.717) is 6.67 Å². The summed E-state index contributed by atoms with van der Waals surface area (Å²) in [6.07, 6.45) is -2.60. The molecule has 0 radical (unpaired) electrons. The van der Waals surface area contributed by atoms with Gasteiger partial charge in [-0.2, -0.15) is 0 Å². The molecule has 1 fully saturated rings.